The molecule has 1 aliphatic heterocycles. The smallest absolute Gasteiger partial charge is 0.0681 e. The molecule has 0 fully saturated rings. The summed E-state index contributed by atoms with van der Waals surface area (Å²) in [5.74, 6) is 0.505. The van der Waals surface area contributed by atoms with Crippen LogP contribution in [0.25, 0.3) is 5.70 Å². The second-order valence-electron chi connectivity index (χ2n) is 3.94. The monoisotopic (exact) mass is 220 g/mol. The molecule has 0 aliphatic carbocycles. The summed E-state index contributed by atoms with van der Waals surface area (Å²) in [6, 6.07) is 1.90. The van der Waals surface area contributed by atoms with Crippen LogP contribution in [0.1, 0.15) is 25.8 Å². The number of allylic oxidation sites excluding steroid dienone is 1. The highest BCUT2D eigenvalue weighted by Gasteiger charge is 2.13. The molecule has 1 aliphatic rings. The molecule has 0 amide bonds. The maximum atomic E-state index is 5.88. The fourth-order valence-corrected chi connectivity index (χ4v) is 1.72. The topological polar surface area (TPSA) is 25.2 Å². The summed E-state index contributed by atoms with van der Waals surface area (Å²) < 4.78 is 0. The van der Waals surface area contributed by atoms with Crippen molar-refractivity contribution in [2.45, 2.75) is 20.3 Å². The third-order valence-electron chi connectivity index (χ3n) is 2.44. The van der Waals surface area contributed by atoms with E-state index in [1.807, 2.05) is 6.07 Å². The Bertz CT molecular complexity index is 433. The number of hydrogen-bond donors (Lipinski definition) is 0. The van der Waals surface area contributed by atoms with Crippen LogP contribution in [0.3, 0.4) is 0 Å². The molecule has 0 unspecified atom stereocenters. The molecule has 0 aromatic carbocycles. The first kappa shape index (κ1) is 10.4. The van der Waals surface area contributed by atoms with E-state index in [0.29, 0.717) is 10.9 Å². The van der Waals surface area contributed by atoms with Gasteiger partial charge in [0.25, 0.3) is 0 Å². The minimum atomic E-state index is 0.505. The molecule has 0 spiro atoms. The zero-order chi connectivity index (χ0) is 10.8. The molecule has 1 aromatic heterocycles. The molecular formula is C12H13ClN2. The summed E-state index contributed by atoms with van der Waals surface area (Å²) in [6.07, 6.45) is 6.50. The van der Waals surface area contributed by atoms with Gasteiger partial charge in [-0.1, -0.05) is 31.5 Å². The molecule has 15 heavy (non-hydrogen) atoms. The highest BCUT2D eigenvalue weighted by atomic mass is 35.5. The normalized spacial score (nSPS) is 15.5. The summed E-state index contributed by atoms with van der Waals surface area (Å²) in [5.41, 5.74) is 3.22. The van der Waals surface area contributed by atoms with Gasteiger partial charge in [0.1, 0.15) is 0 Å². The number of pyridine rings is 1. The summed E-state index contributed by atoms with van der Waals surface area (Å²) >= 11 is 5.88. The van der Waals surface area contributed by atoms with E-state index in [1.165, 1.54) is 5.71 Å². The fraction of sp³-hybridized carbons (Fsp3) is 0.333. The number of aliphatic imine (C=N–C) groups is 1. The molecule has 0 saturated heterocycles. The average molecular weight is 221 g/mol. The Balaban J connectivity index is 2.27. The van der Waals surface area contributed by atoms with Crippen LogP contribution in [0.15, 0.2) is 29.5 Å². The first-order chi connectivity index (χ1) is 7.16. The molecule has 0 bridgehead atoms. The Morgan fingerprint density at radius 2 is 2.13 bits per heavy atom. The van der Waals surface area contributed by atoms with Crippen molar-refractivity contribution >= 4 is 23.0 Å². The predicted octanol–water partition coefficient (Wildman–Crippen LogP) is 3.58. The Kier molecular flexibility index (Phi) is 2.87. The van der Waals surface area contributed by atoms with Crippen LogP contribution in [-0.4, -0.2) is 10.7 Å². The third-order valence-corrected chi connectivity index (χ3v) is 2.64. The molecule has 2 nitrogen and oxygen atoms in total. The van der Waals surface area contributed by atoms with Gasteiger partial charge in [0, 0.05) is 30.1 Å². The van der Waals surface area contributed by atoms with Gasteiger partial charge in [-0.2, -0.15) is 0 Å². The minimum Gasteiger partial charge on any atom is -0.262 e. The van der Waals surface area contributed by atoms with Crippen molar-refractivity contribution in [1.82, 2.24) is 4.98 Å². The van der Waals surface area contributed by atoms with E-state index in [1.54, 1.807) is 12.4 Å². The number of nitrogens with zero attached hydrogens (tertiary/aromatic N) is 2. The Hall–Kier alpha value is -1.15. The molecule has 2 rings (SSSR count). The van der Waals surface area contributed by atoms with E-state index in [2.05, 4.69) is 29.9 Å². The first-order valence-electron chi connectivity index (χ1n) is 5.05. The van der Waals surface area contributed by atoms with Gasteiger partial charge in [-0.3, -0.25) is 9.98 Å². The minimum absolute atomic E-state index is 0.505. The molecule has 3 heteroatoms. The fourth-order valence-electron chi connectivity index (χ4n) is 1.55. The lowest BCUT2D eigenvalue weighted by atomic mass is 10.1. The van der Waals surface area contributed by atoms with Gasteiger partial charge in [-0.15, -0.1) is 0 Å². The number of aromatic nitrogens is 1. The van der Waals surface area contributed by atoms with E-state index >= 15 is 0 Å². The Morgan fingerprint density at radius 1 is 1.33 bits per heavy atom. The van der Waals surface area contributed by atoms with Crippen molar-refractivity contribution in [2.24, 2.45) is 10.9 Å². The van der Waals surface area contributed by atoms with Crippen molar-refractivity contribution in [3.05, 3.63) is 35.1 Å². The van der Waals surface area contributed by atoms with Gasteiger partial charge < -0.3 is 0 Å². The van der Waals surface area contributed by atoms with Crippen LogP contribution in [0.2, 0.25) is 5.02 Å². The van der Waals surface area contributed by atoms with E-state index < -0.39 is 0 Å². The zero-order valence-corrected chi connectivity index (χ0v) is 9.62. The van der Waals surface area contributed by atoms with Crippen LogP contribution < -0.4 is 0 Å². The van der Waals surface area contributed by atoms with Crippen molar-refractivity contribution < 1.29 is 0 Å². The number of hydrogen-bond acceptors (Lipinski definition) is 2. The highest BCUT2D eigenvalue weighted by Crippen LogP contribution is 2.25. The van der Waals surface area contributed by atoms with Gasteiger partial charge in [0.2, 0.25) is 0 Å². The van der Waals surface area contributed by atoms with Crippen molar-refractivity contribution in [3.63, 3.8) is 0 Å². The quantitative estimate of drug-likeness (QED) is 0.748. The van der Waals surface area contributed by atoms with Crippen LogP contribution in [0, 0.1) is 5.92 Å². The molecule has 1 aromatic rings. The van der Waals surface area contributed by atoms with Gasteiger partial charge in [0.05, 0.1) is 10.7 Å². The molecule has 0 atom stereocenters. The highest BCUT2D eigenvalue weighted by molar-refractivity contribution is 6.30. The second kappa shape index (κ2) is 4.15. The SMILES string of the molecule is CC(C)C1=NC(c2cncc(Cl)c2)=CC1. The maximum Gasteiger partial charge on any atom is 0.0681 e. The first-order valence-corrected chi connectivity index (χ1v) is 5.43. The standard InChI is InChI=1S/C12H13ClN2/c1-8(2)11-3-4-12(15-11)9-5-10(13)7-14-6-9/h4-8H,3H2,1-2H3. The summed E-state index contributed by atoms with van der Waals surface area (Å²) in [7, 11) is 0. The van der Waals surface area contributed by atoms with Gasteiger partial charge in [-0.25, -0.2) is 0 Å². The third kappa shape index (κ3) is 2.26. The van der Waals surface area contributed by atoms with Crippen LogP contribution in [0.4, 0.5) is 0 Å². The van der Waals surface area contributed by atoms with Crippen LogP contribution >= 0.6 is 11.6 Å². The van der Waals surface area contributed by atoms with Crippen molar-refractivity contribution in [2.75, 3.05) is 0 Å². The lowest BCUT2D eigenvalue weighted by Crippen LogP contribution is -2.02. The summed E-state index contributed by atoms with van der Waals surface area (Å²) in [6.45, 7) is 4.32. The van der Waals surface area contributed by atoms with Gasteiger partial charge in [-0.05, 0) is 12.0 Å². The largest absolute Gasteiger partial charge is 0.262 e. The molecule has 0 N–H and O–H groups in total. The van der Waals surface area contributed by atoms with Gasteiger partial charge >= 0.3 is 0 Å². The van der Waals surface area contributed by atoms with Crippen molar-refractivity contribution in [3.8, 4) is 0 Å². The molecule has 0 saturated carbocycles. The van der Waals surface area contributed by atoms with E-state index in [0.717, 1.165) is 17.7 Å². The average Bonchev–Trinajstić information content (AvgIpc) is 2.66. The van der Waals surface area contributed by atoms with E-state index in [9.17, 15) is 0 Å². The van der Waals surface area contributed by atoms with E-state index in [4.69, 9.17) is 11.6 Å². The molecule has 0 radical (unpaired) electrons. The van der Waals surface area contributed by atoms with E-state index in [-0.39, 0.29) is 0 Å². The molecular weight excluding hydrogens is 208 g/mol. The molecule has 2 heterocycles. The van der Waals surface area contributed by atoms with Crippen LogP contribution in [-0.2, 0) is 0 Å². The summed E-state index contributed by atoms with van der Waals surface area (Å²) in [5, 5.41) is 0.654. The lowest BCUT2D eigenvalue weighted by Gasteiger charge is -2.02. The van der Waals surface area contributed by atoms with Crippen molar-refractivity contribution in [1.29, 1.82) is 0 Å². The second-order valence-corrected chi connectivity index (χ2v) is 4.38. The summed E-state index contributed by atoms with van der Waals surface area (Å²) in [4.78, 5) is 8.63. The Labute approximate surface area is 94.7 Å². The number of rotatable bonds is 2. The molecule has 78 valence electrons. The Morgan fingerprint density at radius 3 is 2.73 bits per heavy atom. The lowest BCUT2D eigenvalue weighted by molar-refractivity contribution is 0.873. The van der Waals surface area contributed by atoms with Crippen LogP contribution in [0.5, 0.6) is 0 Å². The van der Waals surface area contributed by atoms with Gasteiger partial charge in [0.15, 0.2) is 0 Å². The predicted molar refractivity (Wildman–Crippen MR) is 64.1 cm³/mol. The number of halogens is 1. The maximum absolute atomic E-state index is 5.88. The zero-order valence-electron chi connectivity index (χ0n) is 8.87.